The van der Waals surface area contributed by atoms with Crippen molar-refractivity contribution in [3.8, 4) is 17.1 Å². The van der Waals surface area contributed by atoms with Crippen molar-refractivity contribution in [1.29, 1.82) is 0 Å². The Hall–Kier alpha value is -3.29. The van der Waals surface area contributed by atoms with Gasteiger partial charge in [-0.15, -0.1) is 0 Å². The zero-order chi connectivity index (χ0) is 24.0. The van der Waals surface area contributed by atoms with Crippen molar-refractivity contribution in [2.24, 2.45) is 5.92 Å². The number of alkyl halides is 3. The van der Waals surface area contributed by atoms with Gasteiger partial charge in [0, 0.05) is 17.5 Å². The second-order valence-corrected chi connectivity index (χ2v) is 8.22. The van der Waals surface area contributed by atoms with E-state index in [1.807, 2.05) is 26.0 Å². The van der Waals surface area contributed by atoms with Crippen molar-refractivity contribution in [3.05, 3.63) is 71.5 Å². The molecule has 3 aromatic rings. The van der Waals surface area contributed by atoms with Gasteiger partial charge in [-0.1, -0.05) is 55.0 Å². The normalized spacial score (nSPS) is 12.5. The van der Waals surface area contributed by atoms with Gasteiger partial charge in [-0.2, -0.15) is 13.2 Å². The third kappa shape index (κ3) is 6.60. The summed E-state index contributed by atoms with van der Waals surface area (Å²) in [5, 5.41) is 8.86. The van der Waals surface area contributed by atoms with E-state index in [0.29, 0.717) is 36.3 Å². The maximum absolute atomic E-state index is 13.7. The van der Waals surface area contributed by atoms with E-state index in [9.17, 15) is 18.0 Å². The molecular formula is C25H27F3N2O3. The van der Waals surface area contributed by atoms with E-state index in [4.69, 9.17) is 9.84 Å². The van der Waals surface area contributed by atoms with Crippen LogP contribution in [-0.4, -0.2) is 27.2 Å². The Morgan fingerprint density at radius 2 is 1.85 bits per heavy atom. The Morgan fingerprint density at radius 3 is 2.52 bits per heavy atom. The smallest absolute Gasteiger partial charge is 0.433 e. The number of carboxylic acid groups (broad SMARTS) is 1. The van der Waals surface area contributed by atoms with Crippen LogP contribution < -0.4 is 4.74 Å². The predicted molar refractivity (Wildman–Crippen MR) is 119 cm³/mol. The highest BCUT2D eigenvalue weighted by molar-refractivity contribution is 5.66. The highest BCUT2D eigenvalue weighted by Crippen LogP contribution is 2.34. The Morgan fingerprint density at radius 1 is 1.15 bits per heavy atom. The number of aromatic nitrogens is 2. The topological polar surface area (TPSA) is 64.4 Å². The van der Waals surface area contributed by atoms with Crippen molar-refractivity contribution < 1.29 is 27.8 Å². The summed E-state index contributed by atoms with van der Waals surface area (Å²) in [6, 6.07) is 14.2. The molecule has 2 aromatic carbocycles. The molecule has 0 amide bonds. The molecule has 3 rings (SSSR count). The number of rotatable bonds is 10. The molecule has 0 saturated carbocycles. The van der Waals surface area contributed by atoms with Crippen molar-refractivity contribution in [2.75, 3.05) is 6.61 Å². The average molecular weight is 460 g/mol. The zero-order valence-electron chi connectivity index (χ0n) is 18.6. The van der Waals surface area contributed by atoms with Crippen LogP contribution in [0.3, 0.4) is 0 Å². The molecule has 0 saturated heterocycles. The number of nitrogens with zero attached hydrogens (tertiary/aromatic N) is 2. The van der Waals surface area contributed by atoms with Crippen LogP contribution in [0, 0.1) is 12.8 Å². The van der Waals surface area contributed by atoms with Gasteiger partial charge in [0.25, 0.3) is 0 Å². The first-order valence-corrected chi connectivity index (χ1v) is 10.8. The van der Waals surface area contributed by atoms with E-state index >= 15 is 0 Å². The number of aliphatic carboxylic acids is 1. The summed E-state index contributed by atoms with van der Waals surface area (Å²) in [5.41, 5.74) is 1.38. The number of hydrogen-bond acceptors (Lipinski definition) is 3. The van der Waals surface area contributed by atoms with Crippen LogP contribution in [0.1, 0.15) is 43.0 Å². The van der Waals surface area contributed by atoms with Gasteiger partial charge < -0.3 is 14.4 Å². The molecule has 1 N–H and O–H groups in total. The molecule has 0 spiro atoms. The number of ether oxygens (including phenoxy) is 1. The lowest BCUT2D eigenvalue weighted by atomic mass is 10.0. The number of carboxylic acids is 1. The van der Waals surface area contributed by atoms with Crippen LogP contribution in [0.4, 0.5) is 13.2 Å². The number of carbonyl (C=O) groups is 1. The van der Waals surface area contributed by atoms with E-state index in [1.54, 1.807) is 36.4 Å². The first-order chi connectivity index (χ1) is 15.6. The molecular weight excluding hydrogens is 433 g/mol. The first kappa shape index (κ1) is 24.4. The Kier molecular flexibility index (Phi) is 7.79. The number of halogens is 3. The summed E-state index contributed by atoms with van der Waals surface area (Å²) < 4.78 is 48.2. The van der Waals surface area contributed by atoms with E-state index in [-0.39, 0.29) is 24.7 Å². The second-order valence-electron chi connectivity index (χ2n) is 8.22. The lowest BCUT2D eigenvalue weighted by molar-refractivity contribution is -0.143. The second kappa shape index (κ2) is 10.6. The van der Waals surface area contributed by atoms with Gasteiger partial charge in [-0.05, 0) is 31.7 Å². The maximum atomic E-state index is 13.7. The molecule has 0 aliphatic carbocycles. The quantitative estimate of drug-likeness (QED) is 0.366. The van der Waals surface area contributed by atoms with Crippen LogP contribution in [0.5, 0.6) is 5.75 Å². The van der Waals surface area contributed by atoms with Crippen molar-refractivity contribution in [1.82, 2.24) is 9.55 Å². The Balaban J connectivity index is 1.81. The number of imidazole rings is 1. The molecule has 0 aliphatic heterocycles. The molecule has 0 aliphatic rings. The fraction of sp³-hybridized carbons (Fsp3) is 0.360. The molecule has 8 heteroatoms. The zero-order valence-corrected chi connectivity index (χ0v) is 18.6. The van der Waals surface area contributed by atoms with Crippen LogP contribution in [0.25, 0.3) is 11.4 Å². The van der Waals surface area contributed by atoms with Gasteiger partial charge in [0.15, 0.2) is 0 Å². The van der Waals surface area contributed by atoms with Gasteiger partial charge in [0.1, 0.15) is 17.3 Å². The van der Waals surface area contributed by atoms with E-state index in [0.717, 1.165) is 11.8 Å². The monoisotopic (exact) mass is 460 g/mol. The summed E-state index contributed by atoms with van der Waals surface area (Å²) in [6.07, 6.45) is -2.25. The molecule has 1 aromatic heterocycles. The number of aryl methyl sites for hydroxylation is 1. The van der Waals surface area contributed by atoms with Gasteiger partial charge >= 0.3 is 12.1 Å². The van der Waals surface area contributed by atoms with Crippen LogP contribution >= 0.6 is 0 Å². The lowest BCUT2D eigenvalue weighted by Crippen LogP contribution is -2.15. The Labute approximate surface area is 190 Å². The summed E-state index contributed by atoms with van der Waals surface area (Å²) in [7, 11) is 0. The molecule has 0 unspecified atom stereocenters. The minimum absolute atomic E-state index is 0.0266. The SMILES string of the molecule is Cc1ccc(-c2ncc(C(F)(F)F)n2Cc2ccccc2OCCC[C@@H](C)CC(=O)O)cc1. The molecule has 0 radical (unpaired) electrons. The van der Waals surface area contributed by atoms with E-state index < -0.39 is 17.8 Å². The van der Waals surface area contributed by atoms with Gasteiger partial charge in [-0.25, -0.2) is 4.98 Å². The predicted octanol–water partition coefficient (Wildman–Crippen LogP) is 6.20. The average Bonchev–Trinajstić information content (AvgIpc) is 3.16. The summed E-state index contributed by atoms with van der Waals surface area (Å²) in [4.78, 5) is 14.9. The molecule has 5 nitrogen and oxygen atoms in total. The van der Waals surface area contributed by atoms with E-state index in [2.05, 4.69) is 4.98 Å². The van der Waals surface area contributed by atoms with Crippen molar-refractivity contribution in [2.45, 2.75) is 45.8 Å². The van der Waals surface area contributed by atoms with Crippen LogP contribution in [-0.2, 0) is 17.5 Å². The third-order valence-corrected chi connectivity index (χ3v) is 5.38. The van der Waals surface area contributed by atoms with Gasteiger partial charge in [0.2, 0.25) is 0 Å². The molecule has 1 atom stereocenters. The molecule has 0 fully saturated rings. The summed E-state index contributed by atoms with van der Waals surface area (Å²) in [6.45, 7) is 4.07. The minimum Gasteiger partial charge on any atom is -0.493 e. The van der Waals surface area contributed by atoms with Crippen molar-refractivity contribution in [3.63, 3.8) is 0 Å². The minimum atomic E-state index is -4.55. The fourth-order valence-corrected chi connectivity index (χ4v) is 3.65. The highest BCUT2D eigenvalue weighted by atomic mass is 19.4. The van der Waals surface area contributed by atoms with Gasteiger partial charge in [-0.3, -0.25) is 4.79 Å². The molecule has 176 valence electrons. The summed E-state index contributed by atoms with van der Waals surface area (Å²) in [5.74, 6) is -0.0719. The Bertz CT molecular complexity index is 1080. The number of hydrogen-bond donors (Lipinski definition) is 1. The molecule has 0 bridgehead atoms. The maximum Gasteiger partial charge on any atom is 0.433 e. The molecule has 1 heterocycles. The first-order valence-electron chi connectivity index (χ1n) is 10.8. The largest absolute Gasteiger partial charge is 0.493 e. The highest BCUT2D eigenvalue weighted by Gasteiger charge is 2.36. The summed E-state index contributed by atoms with van der Waals surface area (Å²) >= 11 is 0. The van der Waals surface area contributed by atoms with Crippen LogP contribution in [0.15, 0.2) is 54.7 Å². The van der Waals surface area contributed by atoms with E-state index in [1.165, 1.54) is 4.57 Å². The fourth-order valence-electron chi connectivity index (χ4n) is 3.65. The van der Waals surface area contributed by atoms with Gasteiger partial charge in [0.05, 0.1) is 19.3 Å². The number of para-hydroxylation sites is 1. The van der Waals surface area contributed by atoms with Crippen molar-refractivity contribution >= 4 is 5.97 Å². The van der Waals surface area contributed by atoms with Crippen LogP contribution in [0.2, 0.25) is 0 Å². The lowest BCUT2D eigenvalue weighted by Gasteiger charge is -2.17. The standard InChI is InChI=1S/C25H27F3N2O3/c1-17-9-11-19(12-10-17)24-29-15-22(25(26,27)28)30(24)16-20-7-3-4-8-21(20)33-13-5-6-18(2)14-23(31)32/h3-4,7-12,15,18H,5-6,13-14,16H2,1-2H3,(H,31,32)/t18-/m1/s1. The number of benzene rings is 2. The third-order valence-electron chi connectivity index (χ3n) is 5.38. The molecule has 33 heavy (non-hydrogen) atoms.